The fourth-order valence-corrected chi connectivity index (χ4v) is 4.29. The lowest BCUT2D eigenvalue weighted by molar-refractivity contribution is 0.216. The van der Waals surface area contributed by atoms with Gasteiger partial charge in [0.2, 0.25) is 0 Å². The highest BCUT2D eigenvalue weighted by Crippen LogP contribution is 2.19. The van der Waals surface area contributed by atoms with Crippen molar-refractivity contribution in [1.82, 2.24) is 15.5 Å². The Hall–Kier alpha value is -2.12. The van der Waals surface area contributed by atoms with E-state index in [4.69, 9.17) is 4.99 Å². The van der Waals surface area contributed by atoms with Crippen LogP contribution in [0.4, 0.5) is 0 Å². The minimum Gasteiger partial charge on any atom is -0.357 e. The van der Waals surface area contributed by atoms with Crippen LogP contribution in [-0.4, -0.2) is 63.5 Å². The van der Waals surface area contributed by atoms with Gasteiger partial charge in [0, 0.05) is 38.5 Å². The van der Waals surface area contributed by atoms with Crippen LogP contribution in [0, 0.1) is 0 Å². The van der Waals surface area contributed by atoms with Crippen LogP contribution in [0.3, 0.4) is 0 Å². The Kier molecular flexibility index (Phi) is 7.50. The van der Waals surface area contributed by atoms with Crippen molar-refractivity contribution in [1.29, 1.82) is 0 Å². The smallest absolute Gasteiger partial charge is 0.191 e. The molecule has 1 saturated heterocycles. The van der Waals surface area contributed by atoms with Crippen molar-refractivity contribution in [3.8, 4) is 0 Å². The minimum atomic E-state index is -2.90. The maximum atomic E-state index is 11.4. The number of rotatable bonds is 7. The van der Waals surface area contributed by atoms with Crippen LogP contribution in [0.25, 0.3) is 10.8 Å². The first-order valence-electron chi connectivity index (χ1n) is 10.4. The molecule has 0 atom stereocenters. The van der Waals surface area contributed by atoms with Gasteiger partial charge >= 0.3 is 0 Å². The largest absolute Gasteiger partial charge is 0.357 e. The van der Waals surface area contributed by atoms with Crippen LogP contribution >= 0.6 is 0 Å². The van der Waals surface area contributed by atoms with Crippen molar-refractivity contribution >= 4 is 26.6 Å². The van der Waals surface area contributed by atoms with Crippen LogP contribution in [0.5, 0.6) is 0 Å². The van der Waals surface area contributed by atoms with Gasteiger partial charge in [0.25, 0.3) is 0 Å². The third-order valence-electron chi connectivity index (χ3n) is 5.34. The van der Waals surface area contributed by atoms with Crippen molar-refractivity contribution in [3.05, 3.63) is 48.0 Å². The summed E-state index contributed by atoms with van der Waals surface area (Å²) in [6, 6.07) is 15.1. The molecule has 0 amide bonds. The number of piperidine rings is 1. The number of nitrogens with zero attached hydrogens (tertiary/aromatic N) is 2. The summed E-state index contributed by atoms with van der Waals surface area (Å²) in [6.07, 6.45) is 3.28. The Balaban J connectivity index is 1.57. The number of guanidine groups is 1. The Morgan fingerprint density at radius 3 is 2.59 bits per heavy atom. The predicted molar refractivity (Wildman–Crippen MR) is 121 cm³/mol. The first kappa shape index (κ1) is 21.6. The van der Waals surface area contributed by atoms with E-state index in [2.05, 4.69) is 64.9 Å². The van der Waals surface area contributed by atoms with E-state index in [0.717, 1.165) is 38.4 Å². The molecule has 0 radical (unpaired) electrons. The van der Waals surface area contributed by atoms with Crippen LogP contribution in [-0.2, 0) is 16.4 Å². The highest BCUT2D eigenvalue weighted by molar-refractivity contribution is 7.90. The molecule has 6 nitrogen and oxygen atoms in total. The number of likely N-dealkylation sites (tertiary alicyclic amines) is 1. The van der Waals surface area contributed by atoms with Crippen LogP contribution < -0.4 is 10.6 Å². The van der Waals surface area contributed by atoms with Gasteiger partial charge in [-0.05, 0) is 36.1 Å². The van der Waals surface area contributed by atoms with Gasteiger partial charge in [-0.1, -0.05) is 42.5 Å². The quantitative estimate of drug-likeness (QED) is 0.536. The Labute approximate surface area is 174 Å². The maximum Gasteiger partial charge on any atom is 0.191 e. The van der Waals surface area contributed by atoms with Crippen molar-refractivity contribution in [2.24, 2.45) is 4.99 Å². The highest BCUT2D eigenvalue weighted by atomic mass is 32.2. The first-order chi connectivity index (χ1) is 13.9. The summed E-state index contributed by atoms with van der Waals surface area (Å²) in [6.45, 7) is 5.97. The molecule has 29 heavy (non-hydrogen) atoms. The zero-order valence-corrected chi connectivity index (χ0v) is 18.2. The molecule has 0 bridgehead atoms. The average Bonchev–Trinajstić information content (AvgIpc) is 2.71. The number of aliphatic imine (C=N–C) groups is 1. The maximum absolute atomic E-state index is 11.4. The summed E-state index contributed by atoms with van der Waals surface area (Å²) in [4.78, 5) is 7.05. The molecule has 158 valence electrons. The fourth-order valence-electron chi connectivity index (χ4n) is 3.70. The zero-order valence-electron chi connectivity index (χ0n) is 17.4. The monoisotopic (exact) mass is 416 g/mol. The molecule has 0 spiro atoms. The number of sulfone groups is 1. The van der Waals surface area contributed by atoms with E-state index in [-0.39, 0.29) is 5.75 Å². The minimum absolute atomic E-state index is 0.236. The van der Waals surface area contributed by atoms with Crippen LogP contribution in [0.1, 0.15) is 25.3 Å². The van der Waals surface area contributed by atoms with Crippen molar-refractivity contribution < 1.29 is 8.42 Å². The highest BCUT2D eigenvalue weighted by Gasteiger charge is 2.20. The summed E-state index contributed by atoms with van der Waals surface area (Å²) in [5.74, 6) is 1.08. The summed E-state index contributed by atoms with van der Waals surface area (Å²) < 4.78 is 22.7. The first-order valence-corrected chi connectivity index (χ1v) is 12.4. The Morgan fingerprint density at radius 1 is 1.14 bits per heavy atom. The molecule has 7 heteroatoms. The van der Waals surface area contributed by atoms with E-state index in [1.165, 1.54) is 22.6 Å². The number of hydrogen-bond donors (Lipinski definition) is 2. The van der Waals surface area contributed by atoms with E-state index in [0.29, 0.717) is 19.1 Å². The molecule has 0 aliphatic carbocycles. The van der Waals surface area contributed by atoms with Gasteiger partial charge in [0.1, 0.15) is 9.84 Å². The summed E-state index contributed by atoms with van der Waals surface area (Å²) in [7, 11) is -2.90. The van der Waals surface area contributed by atoms with Crippen molar-refractivity contribution in [2.75, 3.05) is 38.2 Å². The Morgan fingerprint density at radius 2 is 1.86 bits per heavy atom. The van der Waals surface area contributed by atoms with Gasteiger partial charge in [-0.3, -0.25) is 0 Å². The second-order valence-electron chi connectivity index (χ2n) is 7.72. The summed E-state index contributed by atoms with van der Waals surface area (Å²) in [5.41, 5.74) is 1.22. The molecule has 1 aliphatic heterocycles. The molecule has 1 heterocycles. The lowest BCUT2D eigenvalue weighted by atomic mass is 10.0. The van der Waals surface area contributed by atoms with E-state index >= 15 is 0 Å². The summed E-state index contributed by atoms with van der Waals surface area (Å²) in [5, 5.41) is 9.39. The molecule has 2 aromatic rings. The van der Waals surface area contributed by atoms with Gasteiger partial charge in [0.05, 0.1) is 12.3 Å². The van der Waals surface area contributed by atoms with Gasteiger partial charge < -0.3 is 15.5 Å². The van der Waals surface area contributed by atoms with Gasteiger partial charge in [-0.2, -0.15) is 0 Å². The van der Waals surface area contributed by atoms with Crippen molar-refractivity contribution in [3.63, 3.8) is 0 Å². The molecule has 3 rings (SSSR count). The molecule has 0 unspecified atom stereocenters. The topological polar surface area (TPSA) is 73.8 Å². The number of benzene rings is 2. The third-order valence-corrected chi connectivity index (χ3v) is 6.26. The van der Waals surface area contributed by atoms with E-state index in [1.807, 2.05) is 0 Å². The van der Waals surface area contributed by atoms with E-state index < -0.39 is 9.84 Å². The van der Waals surface area contributed by atoms with Crippen LogP contribution in [0.15, 0.2) is 47.5 Å². The molecule has 2 N–H and O–H groups in total. The van der Waals surface area contributed by atoms with Gasteiger partial charge in [-0.15, -0.1) is 0 Å². The second kappa shape index (κ2) is 10.1. The molecular weight excluding hydrogens is 384 g/mol. The lowest BCUT2D eigenvalue weighted by Crippen LogP contribution is -2.49. The molecule has 0 saturated carbocycles. The summed E-state index contributed by atoms with van der Waals surface area (Å²) >= 11 is 0. The molecule has 2 aromatic carbocycles. The van der Waals surface area contributed by atoms with Gasteiger partial charge in [-0.25, -0.2) is 13.4 Å². The molecular formula is C22H32N4O2S. The molecule has 1 fully saturated rings. The lowest BCUT2D eigenvalue weighted by Gasteiger charge is -2.32. The molecule has 1 aliphatic rings. The second-order valence-corrected chi connectivity index (χ2v) is 9.98. The average molecular weight is 417 g/mol. The van der Waals surface area contributed by atoms with Gasteiger partial charge in [0.15, 0.2) is 5.96 Å². The van der Waals surface area contributed by atoms with E-state index in [1.54, 1.807) is 0 Å². The Bertz CT molecular complexity index is 929. The number of fused-ring (bicyclic) bond motifs is 1. The van der Waals surface area contributed by atoms with Crippen molar-refractivity contribution in [2.45, 2.75) is 32.4 Å². The fraction of sp³-hybridized carbons (Fsp3) is 0.500. The van der Waals surface area contributed by atoms with E-state index in [9.17, 15) is 8.42 Å². The SMILES string of the molecule is CCNC(=NCc1cccc2ccccc12)NC1CCN(CCS(C)(=O)=O)CC1. The predicted octanol–water partition coefficient (Wildman–Crippen LogP) is 2.40. The normalized spacial score (nSPS) is 16.8. The standard InChI is InChI=1S/C22H32N4O2S/c1-3-23-22(24-17-19-9-6-8-18-7-4-5-10-21(18)19)25-20-11-13-26(14-12-20)15-16-29(2,27)28/h4-10,20H,3,11-17H2,1-2H3,(H2,23,24,25). The molecule has 0 aromatic heterocycles. The van der Waals surface area contributed by atoms with Crippen LogP contribution in [0.2, 0.25) is 0 Å². The zero-order chi connectivity index (χ0) is 20.7. The number of nitrogens with one attached hydrogen (secondary N) is 2. The number of hydrogen-bond acceptors (Lipinski definition) is 4. The third kappa shape index (κ3) is 6.72.